The molecule has 1 unspecified atom stereocenters. The van der Waals surface area contributed by atoms with Gasteiger partial charge in [0, 0.05) is 35.1 Å². The van der Waals surface area contributed by atoms with Crippen molar-refractivity contribution in [3.8, 4) is 5.75 Å². The maximum Gasteiger partial charge on any atom is 0.407 e. The highest BCUT2D eigenvalue weighted by Gasteiger charge is 2.43. The van der Waals surface area contributed by atoms with E-state index < -0.39 is 32.9 Å². The van der Waals surface area contributed by atoms with Gasteiger partial charge in [0.05, 0.1) is 12.7 Å². The maximum atomic E-state index is 13.4. The van der Waals surface area contributed by atoms with Gasteiger partial charge in [-0.3, -0.25) is 0 Å². The molecule has 1 amide bonds. The average molecular weight is 567 g/mol. The van der Waals surface area contributed by atoms with Gasteiger partial charge < -0.3 is 24.0 Å². The van der Waals surface area contributed by atoms with Crippen molar-refractivity contribution in [2.24, 2.45) is 5.41 Å². The average Bonchev–Trinajstić information content (AvgIpc) is 3.51. The molecular formula is C32H44NO6Si. The van der Waals surface area contributed by atoms with E-state index in [1.165, 1.54) is 0 Å². The Hall–Kier alpha value is -2.84. The molecule has 0 fully saturated rings. The lowest BCUT2D eigenvalue weighted by Gasteiger charge is -2.31. The van der Waals surface area contributed by atoms with E-state index in [0.717, 1.165) is 53.5 Å². The smallest absolute Gasteiger partial charge is 0.407 e. The van der Waals surface area contributed by atoms with Gasteiger partial charge in [0.25, 0.3) is 0 Å². The van der Waals surface area contributed by atoms with Crippen LogP contribution < -0.4 is 10.1 Å². The van der Waals surface area contributed by atoms with Crippen LogP contribution in [0.4, 0.5) is 4.79 Å². The van der Waals surface area contributed by atoms with Crippen LogP contribution in [-0.4, -0.2) is 40.9 Å². The molecule has 1 aromatic carbocycles. The summed E-state index contributed by atoms with van der Waals surface area (Å²) < 4.78 is 24.1. The third kappa shape index (κ3) is 6.38. The molecule has 1 radical (unpaired) electrons. The number of nitrogens with one attached hydrogen (secondary N) is 1. The standard InChI is InChI=1S/C32H44NO6Si/c1-20-24-25(28(34)38-29(24)39-40(7)8)26(31(2,3)4)22(27(20)36-6)18-23(21-14-10-11-15-21)37-30(35)33-19-32(5)16-12-9-13-17-32/h9,12-14,16,23,29H,10-11,15,17-19H2,1-8H3,(H,33,35)/t23-,29?,32+/m1/s1. The number of amides is 1. The second-order valence-electron chi connectivity index (χ2n) is 12.6. The fraction of sp³-hybridized carbons (Fsp3) is 0.562. The lowest BCUT2D eigenvalue weighted by molar-refractivity contribution is -0.0398. The molecule has 1 heterocycles. The number of alkyl carbamates (subject to hydrolysis) is 1. The molecule has 4 rings (SSSR count). The van der Waals surface area contributed by atoms with Crippen LogP contribution in [0.1, 0.15) is 92.3 Å². The molecule has 8 heteroatoms. The molecule has 1 N–H and O–H groups in total. The fourth-order valence-corrected chi connectivity index (χ4v) is 6.62. The monoisotopic (exact) mass is 566 g/mol. The SMILES string of the molecule is COc1c(C)c2c(c(C(C)(C)C)c1C[C@@H](OC(=O)NC[C@@]1(C)C=CC=CC1)C1=CCCC1)C(=O)OC2O[Si](C)C. The summed E-state index contributed by atoms with van der Waals surface area (Å²) >= 11 is 0. The summed E-state index contributed by atoms with van der Waals surface area (Å²) in [6.45, 7) is 14.9. The van der Waals surface area contributed by atoms with Crippen molar-refractivity contribution in [1.82, 2.24) is 5.32 Å². The Balaban J connectivity index is 1.72. The minimum atomic E-state index is -1.13. The molecule has 7 nitrogen and oxygen atoms in total. The summed E-state index contributed by atoms with van der Waals surface area (Å²) in [6, 6.07) is 0. The van der Waals surface area contributed by atoms with Crippen molar-refractivity contribution in [3.05, 3.63) is 63.8 Å². The van der Waals surface area contributed by atoms with E-state index >= 15 is 0 Å². The normalized spacial score (nSPS) is 22.7. The highest BCUT2D eigenvalue weighted by molar-refractivity contribution is 6.48. The van der Waals surface area contributed by atoms with Gasteiger partial charge in [-0.2, -0.15) is 0 Å². The van der Waals surface area contributed by atoms with Crippen molar-refractivity contribution < 1.29 is 28.2 Å². The number of ether oxygens (including phenoxy) is 3. The minimum absolute atomic E-state index is 0.146. The van der Waals surface area contributed by atoms with Gasteiger partial charge in [-0.05, 0) is 62.3 Å². The van der Waals surface area contributed by atoms with Crippen molar-refractivity contribution in [2.45, 2.75) is 97.6 Å². The van der Waals surface area contributed by atoms with Crippen LogP contribution in [0.25, 0.3) is 0 Å². The lowest BCUT2D eigenvalue weighted by atomic mass is 9.76. The fourth-order valence-electron chi connectivity index (χ4n) is 6.02. The van der Waals surface area contributed by atoms with Gasteiger partial charge in [0.2, 0.25) is 15.3 Å². The Kier molecular flexibility index (Phi) is 9.00. The third-order valence-corrected chi connectivity index (χ3v) is 8.57. The first-order valence-electron chi connectivity index (χ1n) is 14.2. The number of hydrogen-bond donors (Lipinski definition) is 1. The zero-order valence-corrected chi connectivity index (χ0v) is 26.2. The van der Waals surface area contributed by atoms with Gasteiger partial charge in [-0.1, -0.05) is 58.1 Å². The Morgan fingerprint density at radius 2 is 2.02 bits per heavy atom. The highest BCUT2D eigenvalue weighted by Crippen LogP contribution is 2.47. The van der Waals surface area contributed by atoms with Crippen LogP contribution in [0, 0.1) is 12.3 Å². The van der Waals surface area contributed by atoms with E-state index in [1.807, 2.05) is 32.2 Å². The van der Waals surface area contributed by atoms with Crippen LogP contribution in [0.5, 0.6) is 5.75 Å². The van der Waals surface area contributed by atoms with Crippen LogP contribution in [0.2, 0.25) is 13.1 Å². The van der Waals surface area contributed by atoms with Crippen molar-refractivity contribution in [1.29, 1.82) is 0 Å². The summed E-state index contributed by atoms with van der Waals surface area (Å²) in [4.78, 5) is 26.5. The number of methoxy groups -OCH3 is 1. The summed E-state index contributed by atoms with van der Waals surface area (Å²) in [6.07, 6.45) is 12.9. The van der Waals surface area contributed by atoms with Gasteiger partial charge in [0.1, 0.15) is 11.9 Å². The number of esters is 1. The van der Waals surface area contributed by atoms with E-state index in [9.17, 15) is 9.59 Å². The predicted molar refractivity (Wildman–Crippen MR) is 158 cm³/mol. The van der Waals surface area contributed by atoms with Gasteiger partial charge in [0.15, 0.2) is 0 Å². The van der Waals surface area contributed by atoms with Crippen molar-refractivity contribution >= 4 is 21.1 Å². The Morgan fingerprint density at radius 3 is 2.60 bits per heavy atom. The second-order valence-corrected chi connectivity index (χ2v) is 14.6. The Labute approximate surface area is 240 Å². The molecule has 2 aliphatic carbocycles. The molecule has 0 aromatic heterocycles. The molecule has 0 saturated heterocycles. The summed E-state index contributed by atoms with van der Waals surface area (Å²) in [5.41, 5.74) is 4.42. The number of carbonyl (C=O) groups is 2. The van der Waals surface area contributed by atoms with E-state index in [1.54, 1.807) is 7.11 Å². The van der Waals surface area contributed by atoms with E-state index in [2.05, 4.69) is 51.2 Å². The Bertz CT molecular complexity index is 1240. The molecule has 3 atom stereocenters. The van der Waals surface area contributed by atoms with Gasteiger partial charge in [-0.15, -0.1) is 0 Å². The molecule has 217 valence electrons. The zero-order chi connectivity index (χ0) is 29.2. The van der Waals surface area contributed by atoms with E-state index in [0.29, 0.717) is 24.3 Å². The first-order chi connectivity index (χ1) is 18.8. The van der Waals surface area contributed by atoms with Crippen molar-refractivity contribution in [3.63, 3.8) is 0 Å². The molecule has 1 aliphatic heterocycles. The van der Waals surface area contributed by atoms with E-state index in [-0.39, 0.29) is 11.4 Å². The summed E-state index contributed by atoms with van der Waals surface area (Å²) in [5.74, 6) is 0.314. The number of carbonyl (C=O) groups excluding carboxylic acids is 2. The molecule has 1 aromatic rings. The second kappa shape index (κ2) is 11.9. The number of rotatable bonds is 9. The third-order valence-electron chi connectivity index (χ3n) is 7.89. The first kappa shape index (κ1) is 30.1. The largest absolute Gasteiger partial charge is 0.496 e. The van der Waals surface area contributed by atoms with Crippen molar-refractivity contribution in [2.75, 3.05) is 13.7 Å². The quantitative estimate of drug-likeness (QED) is 0.197. The summed E-state index contributed by atoms with van der Waals surface area (Å²) in [5, 5.41) is 3.00. The molecule has 0 spiro atoms. The van der Waals surface area contributed by atoms with Crippen LogP contribution in [0.15, 0.2) is 36.0 Å². The molecule has 0 saturated carbocycles. The Morgan fingerprint density at radius 1 is 1.27 bits per heavy atom. The lowest BCUT2D eigenvalue weighted by Crippen LogP contribution is -2.38. The molecular weight excluding hydrogens is 522 g/mol. The van der Waals surface area contributed by atoms with Gasteiger partial charge >= 0.3 is 12.1 Å². The number of benzene rings is 1. The molecule has 40 heavy (non-hydrogen) atoms. The minimum Gasteiger partial charge on any atom is -0.496 e. The number of fused-ring (bicyclic) bond motifs is 1. The topological polar surface area (TPSA) is 83.1 Å². The summed E-state index contributed by atoms with van der Waals surface area (Å²) in [7, 11) is 0.516. The number of cyclic esters (lactones) is 1. The van der Waals surface area contributed by atoms with Crippen LogP contribution >= 0.6 is 0 Å². The first-order valence-corrected chi connectivity index (χ1v) is 16.6. The maximum absolute atomic E-state index is 13.4. The highest BCUT2D eigenvalue weighted by atomic mass is 28.3. The number of allylic oxidation sites excluding steroid dienone is 4. The number of hydrogen-bond acceptors (Lipinski definition) is 6. The van der Waals surface area contributed by atoms with Crippen LogP contribution in [0.3, 0.4) is 0 Å². The zero-order valence-electron chi connectivity index (χ0n) is 25.2. The predicted octanol–water partition coefficient (Wildman–Crippen LogP) is 7.01. The molecule has 3 aliphatic rings. The van der Waals surface area contributed by atoms with E-state index in [4.69, 9.17) is 18.6 Å². The van der Waals surface area contributed by atoms with Gasteiger partial charge in [-0.25, -0.2) is 9.59 Å². The molecule has 0 bridgehead atoms. The van der Waals surface area contributed by atoms with Crippen LogP contribution in [-0.2, 0) is 25.7 Å².